The molecule has 3 heterocycles. The lowest BCUT2D eigenvalue weighted by Crippen LogP contribution is -2.26. The molecule has 1 N–H and O–H groups in total. The molecule has 5 rings (SSSR count). The third kappa shape index (κ3) is 4.82. The van der Waals surface area contributed by atoms with Crippen LogP contribution in [0.25, 0.3) is 22.0 Å². The third-order valence-electron chi connectivity index (χ3n) is 5.97. The highest BCUT2D eigenvalue weighted by atomic mass is 19.1. The fourth-order valence-electron chi connectivity index (χ4n) is 4.19. The third-order valence-corrected chi connectivity index (χ3v) is 5.97. The van der Waals surface area contributed by atoms with Crippen LogP contribution in [0.1, 0.15) is 25.0 Å². The number of nitrogens with one attached hydrogen (secondary N) is 1. The normalized spacial score (nSPS) is 16.7. The summed E-state index contributed by atoms with van der Waals surface area (Å²) in [5.74, 6) is -0.979. The molecule has 0 radical (unpaired) electrons. The van der Waals surface area contributed by atoms with Crippen LogP contribution in [0, 0.1) is 17.3 Å². The maximum absolute atomic E-state index is 15.3. The number of hydrogen-bond acceptors (Lipinski definition) is 7. The summed E-state index contributed by atoms with van der Waals surface area (Å²) in [5, 5.41) is 17.6. The van der Waals surface area contributed by atoms with Gasteiger partial charge in [-0.2, -0.15) is 14.8 Å². The molecule has 2 aromatic carbocycles. The van der Waals surface area contributed by atoms with Gasteiger partial charge in [-0.25, -0.2) is 9.67 Å². The Morgan fingerprint density at radius 1 is 1.14 bits per heavy atom. The second kappa shape index (κ2) is 9.49. The van der Waals surface area contributed by atoms with E-state index in [1.54, 1.807) is 60.7 Å². The Morgan fingerprint density at radius 3 is 2.56 bits per heavy atom. The zero-order valence-corrected chi connectivity index (χ0v) is 19.9. The average Bonchev–Trinajstić information content (AvgIpc) is 3.24. The van der Waals surface area contributed by atoms with Crippen molar-refractivity contribution in [3.8, 4) is 17.3 Å². The maximum atomic E-state index is 15.3. The summed E-state index contributed by atoms with van der Waals surface area (Å²) >= 11 is 0. The summed E-state index contributed by atoms with van der Waals surface area (Å²) in [4.78, 5) is 17.2. The van der Waals surface area contributed by atoms with E-state index >= 15 is 4.39 Å². The van der Waals surface area contributed by atoms with E-state index in [2.05, 4.69) is 21.5 Å². The van der Waals surface area contributed by atoms with Crippen LogP contribution in [0.15, 0.2) is 65.5 Å². The molecule has 1 fully saturated rings. The van der Waals surface area contributed by atoms with Gasteiger partial charge in [0, 0.05) is 11.9 Å². The van der Waals surface area contributed by atoms with Gasteiger partial charge in [-0.3, -0.25) is 4.79 Å². The minimum absolute atomic E-state index is 0.166. The summed E-state index contributed by atoms with van der Waals surface area (Å²) in [6, 6.07) is 19.2. The van der Waals surface area contributed by atoms with E-state index in [9.17, 15) is 4.79 Å². The monoisotopic (exact) mass is 485 g/mol. The molecule has 0 spiro atoms. The van der Waals surface area contributed by atoms with Crippen LogP contribution in [0.3, 0.4) is 0 Å². The molecule has 9 heteroatoms. The highest BCUT2D eigenvalue weighted by Crippen LogP contribution is 2.28. The predicted octanol–water partition coefficient (Wildman–Crippen LogP) is 4.08. The number of pyridine rings is 1. The molecule has 0 saturated carbocycles. The standard InChI is InChI=1S/C27H24FN5O3/c1-27(2)35-16-19(36-27)14-30-23-12-11-22(25(28)31-23)24-20-5-3-4-6-21(20)26(34)33(32-24)15-18-9-7-17(13-29)8-10-18/h3-12,19H,14-16H2,1-2H3,(H,30,31). The van der Waals surface area contributed by atoms with Gasteiger partial charge in [-0.05, 0) is 49.7 Å². The van der Waals surface area contributed by atoms with Gasteiger partial charge in [0.15, 0.2) is 5.79 Å². The first-order valence-electron chi connectivity index (χ1n) is 11.5. The van der Waals surface area contributed by atoms with Crippen molar-refractivity contribution >= 4 is 16.6 Å². The molecule has 0 aliphatic carbocycles. The van der Waals surface area contributed by atoms with Crippen molar-refractivity contribution in [3.05, 3.63) is 88.1 Å². The first kappa shape index (κ1) is 23.6. The molecule has 1 unspecified atom stereocenters. The Bertz CT molecular complexity index is 1530. The van der Waals surface area contributed by atoms with Crippen molar-refractivity contribution in [1.82, 2.24) is 14.8 Å². The van der Waals surface area contributed by atoms with Gasteiger partial charge in [0.25, 0.3) is 5.56 Å². The van der Waals surface area contributed by atoms with E-state index in [0.717, 1.165) is 5.56 Å². The van der Waals surface area contributed by atoms with E-state index in [1.807, 2.05) is 13.8 Å². The summed E-state index contributed by atoms with van der Waals surface area (Å²) < 4.78 is 27.9. The van der Waals surface area contributed by atoms with Crippen LogP contribution in [0.4, 0.5) is 10.2 Å². The number of nitriles is 1. The van der Waals surface area contributed by atoms with Gasteiger partial charge in [-0.1, -0.05) is 30.3 Å². The second-order valence-corrected chi connectivity index (χ2v) is 9.03. The van der Waals surface area contributed by atoms with Crippen molar-refractivity contribution in [2.75, 3.05) is 18.5 Å². The number of aromatic nitrogens is 3. The molecular formula is C27H24FN5O3. The summed E-state index contributed by atoms with van der Waals surface area (Å²) in [5.41, 5.74) is 1.55. The number of rotatable bonds is 6. The quantitative estimate of drug-likeness (QED) is 0.411. The molecule has 1 atom stereocenters. The number of ether oxygens (including phenoxy) is 2. The minimum atomic E-state index is -0.704. The Morgan fingerprint density at radius 2 is 1.89 bits per heavy atom. The summed E-state index contributed by atoms with van der Waals surface area (Å²) in [6.07, 6.45) is -0.166. The topological polar surface area (TPSA) is 102 Å². The van der Waals surface area contributed by atoms with E-state index in [0.29, 0.717) is 41.0 Å². The van der Waals surface area contributed by atoms with E-state index in [4.69, 9.17) is 14.7 Å². The number of nitrogens with zero attached hydrogens (tertiary/aromatic N) is 4. The van der Waals surface area contributed by atoms with Crippen LogP contribution in [0.2, 0.25) is 0 Å². The van der Waals surface area contributed by atoms with Gasteiger partial charge in [0.05, 0.1) is 35.7 Å². The lowest BCUT2D eigenvalue weighted by atomic mass is 10.1. The van der Waals surface area contributed by atoms with Crippen molar-refractivity contribution < 1.29 is 13.9 Å². The molecular weight excluding hydrogens is 461 g/mol. The number of fused-ring (bicyclic) bond motifs is 1. The van der Waals surface area contributed by atoms with E-state index in [1.165, 1.54) is 4.68 Å². The van der Waals surface area contributed by atoms with Gasteiger partial charge < -0.3 is 14.8 Å². The summed E-state index contributed by atoms with van der Waals surface area (Å²) in [7, 11) is 0. The number of hydrogen-bond donors (Lipinski definition) is 1. The molecule has 8 nitrogen and oxygen atoms in total. The van der Waals surface area contributed by atoms with E-state index < -0.39 is 11.7 Å². The number of anilines is 1. The zero-order chi connectivity index (χ0) is 25.3. The molecule has 2 aromatic heterocycles. The van der Waals surface area contributed by atoms with Crippen LogP contribution < -0.4 is 10.9 Å². The van der Waals surface area contributed by atoms with Crippen LogP contribution >= 0.6 is 0 Å². The predicted molar refractivity (Wildman–Crippen MR) is 133 cm³/mol. The smallest absolute Gasteiger partial charge is 0.274 e. The Balaban J connectivity index is 1.46. The Hall–Kier alpha value is -4.13. The Kier molecular flexibility index (Phi) is 6.22. The van der Waals surface area contributed by atoms with Gasteiger partial charge in [0.1, 0.15) is 17.6 Å². The highest BCUT2D eigenvalue weighted by Gasteiger charge is 2.32. The van der Waals surface area contributed by atoms with Crippen molar-refractivity contribution in [2.45, 2.75) is 32.3 Å². The minimum Gasteiger partial charge on any atom is -0.367 e. The lowest BCUT2D eigenvalue weighted by molar-refractivity contribution is -0.136. The number of halogens is 1. The Labute approximate surface area is 206 Å². The van der Waals surface area contributed by atoms with Gasteiger partial charge >= 0.3 is 0 Å². The maximum Gasteiger partial charge on any atom is 0.274 e. The molecule has 182 valence electrons. The molecule has 1 aliphatic heterocycles. The molecule has 36 heavy (non-hydrogen) atoms. The molecule has 4 aromatic rings. The van der Waals surface area contributed by atoms with Crippen LogP contribution in [-0.2, 0) is 16.0 Å². The fraction of sp³-hybridized carbons (Fsp3) is 0.259. The fourth-order valence-corrected chi connectivity index (χ4v) is 4.19. The van der Waals surface area contributed by atoms with Crippen molar-refractivity contribution in [1.29, 1.82) is 5.26 Å². The zero-order valence-electron chi connectivity index (χ0n) is 19.9. The first-order valence-corrected chi connectivity index (χ1v) is 11.5. The van der Waals surface area contributed by atoms with Crippen molar-refractivity contribution in [2.24, 2.45) is 0 Å². The van der Waals surface area contributed by atoms with Crippen LogP contribution in [-0.4, -0.2) is 39.8 Å². The highest BCUT2D eigenvalue weighted by molar-refractivity contribution is 5.93. The summed E-state index contributed by atoms with van der Waals surface area (Å²) in [6.45, 7) is 4.73. The van der Waals surface area contributed by atoms with Gasteiger partial charge in [0.2, 0.25) is 5.95 Å². The van der Waals surface area contributed by atoms with Crippen molar-refractivity contribution in [3.63, 3.8) is 0 Å². The largest absolute Gasteiger partial charge is 0.367 e. The molecule has 0 amide bonds. The van der Waals surface area contributed by atoms with Crippen LogP contribution in [0.5, 0.6) is 0 Å². The number of benzene rings is 2. The average molecular weight is 486 g/mol. The molecule has 1 saturated heterocycles. The molecule has 0 bridgehead atoms. The second-order valence-electron chi connectivity index (χ2n) is 9.03. The van der Waals surface area contributed by atoms with Gasteiger partial charge in [-0.15, -0.1) is 0 Å². The first-order chi connectivity index (χ1) is 17.3. The molecule has 1 aliphatic rings. The SMILES string of the molecule is CC1(C)OCC(CNc2ccc(-c3nn(Cc4ccc(C#N)cc4)c(=O)c4ccccc34)c(F)n2)O1. The lowest BCUT2D eigenvalue weighted by Gasteiger charge is -2.17. The van der Waals surface area contributed by atoms with E-state index in [-0.39, 0.29) is 23.8 Å².